The molecule has 0 atom stereocenters. The minimum atomic E-state index is -3.50. The predicted octanol–water partition coefficient (Wildman–Crippen LogP) is 4.13. The van der Waals surface area contributed by atoms with Crippen LogP contribution in [0.5, 0.6) is 0 Å². The van der Waals surface area contributed by atoms with Gasteiger partial charge in [-0.15, -0.1) is 11.3 Å². The number of aryl methyl sites for hydroxylation is 1. The van der Waals surface area contributed by atoms with Crippen molar-refractivity contribution in [2.24, 2.45) is 0 Å². The van der Waals surface area contributed by atoms with Gasteiger partial charge in [-0.25, -0.2) is 8.42 Å². The predicted molar refractivity (Wildman–Crippen MR) is 131 cm³/mol. The number of hydrogen-bond acceptors (Lipinski definition) is 8. The number of benzene rings is 1. The van der Waals surface area contributed by atoms with Gasteiger partial charge in [0.25, 0.3) is 0 Å². The van der Waals surface area contributed by atoms with Gasteiger partial charge in [0.1, 0.15) is 9.96 Å². The fraction of sp³-hybridized carbons (Fsp3) is 0.409. The Morgan fingerprint density at radius 3 is 2.71 bits per heavy atom. The van der Waals surface area contributed by atoms with Crippen molar-refractivity contribution >= 4 is 50.3 Å². The van der Waals surface area contributed by atoms with Crippen molar-refractivity contribution in [3.63, 3.8) is 0 Å². The molecule has 1 aromatic carbocycles. The first-order valence-corrected chi connectivity index (χ1v) is 14.1. The van der Waals surface area contributed by atoms with E-state index in [1.54, 1.807) is 23.6 Å². The molecule has 0 unspecified atom stereocenters. The van der Waals surface area contributed by atoms with Crippen molar-refractivity contribution in [1.29, 1.82) is 0 Å². The van der Waals surface area contributed by atoms with Gasteiger partial charge < -0.3 is 9.84 Å². The molecule has 1 fully saturated rings. The molecule has 8 nitrogen and oxygen atoms in total. The molecule has 0 bridgehead atoms. The van der Waals surface area contributed by atoms with Crippen LogP contribution in [0.15, 0.2) is 44.4 Å². The van der Waals surface area contributed by atoms with E-state index in [4.69, 9.17) is 27.7 Å². The molecule has 3 aromatic rings. The zero-order valence-corrected chi connectivity index (χ0v) is 21.4. The summed E-state index contributed by atoms with van der Waals surface area (Å²) >= 11 is 13.2. The van der Waals surface area contributed by atoms with Crippen molar-refractivity contribution in [3.05, 3.63) is 63.0 Å². The molecule has 3 heterocycles. The highest BCUT2D eigenvalue weighted by atomic mass is 35.5. The fourth-order valence-electron chi connectivity index (χ4n) is 3.78. The maximum atomic E-state index is 12.4. The number of carbonyl (C=O) groups excluding carboxylic acids is 1. The Hall–Kier alpha value is -1.98. The third-order valence-corrected chi connectivity index (χ3v) is 9.38. The van der Waals surface area contributed by atoms with Crippen LogP contribution in [0.4, 0.5) is 0 Å². The Bertz CT molecular complexity index is 1220. The van der Waals surface area contributed by atoms with E-state index in [1.165, 1.54) is 0 Å². The molecular weight excluding hydrogens is 519 g/mol. The fourth-order valence-corrected chi connectivity index (χ4v) is 6.37. The summed E-state index contributed by atoms with van der Waals surface area (Å²) in [5.41, 5.74) is 1.11. The van der Waals surface area contributed by atoms with Crippen molar-refractivity contribution in [2.45, 2.75) is 48.2 Å². The molecular formula is C22H24Cl2N4O4S2. The molecule has 0 aliphatic carbocycles. The standard InChI is InChI=1S/C22H24Cl2N4O4S2/c23-17-4-3-15(12-18(17)24)13-28-9-7-16(8-10-28)25-20(29)5-6-21-26-19(27-32-21)14-34(30,31)22-2-1-11-33-22/h1-4,11-12,16H,5-10,13-14H2,(H,25,29). The summed E-state index contributed by atoms with van der Waals surface area (Å²) in [6.45, 7) is 2.53. The number of nitrogens with one attached hydrogen (secondary N) is 1. The molecule has 12 heteroatoms. The highest BCUT2D eigenvalue weighted by molar-refractivity contribution is 7.92. The van der Waals surface area contributed by atoms with Crippen LogP contribution >= 0.6 is 34.5 Å². The zero-order chi connectivity index (χ0) is 24.1. The van der Waals surface area contributed by atoms with Crippen LogP contribution in [-0.2, 0) is 33.4 Å². The first kappa shape index (κ1) is 25.1. The molecule has 1 N–H and O–H groups in total. The Labute approximate surface area is 212 Å². The number of nitrogens with zero attached hydrogens (tertiary/aromatic N) is 3. The average molecular weight is 543 g/mol. The van der Waals surface area contributed by atoms with E-state index in [-0.39, 0.29) is 46.5 Å². The van der Waals surface area contributed by atoms with Gasteiger partial charge in [0.2, 0.25) is 11.8 Å². The summed E-state index contributed by atoms with van der Waals surface area (Å²) in [5, 5.41) is 9.61. The van der Waals surface area contributed by atoms with Crippen molar-refractivity contribution in [2.75, 3.05) is 13.1 Å². The van der Waals surface area contributed by atoms with Gasteiger partial charge in [-0.1, -0.05) is 40.5 Å². The van der Waals surface area contributed by atoms with Gasteiger partial charge in [-0.3, -0.25) is 9.69 Å². The lowest BCUT2D eigenvalue weighted by atomic mass is 10.0. The Morgan fingerprint density at radius 2 is 2.00 bits per heavy atom. The lowest BCUT2D eigenvalue weighted by Crippen LogP contribution is -2.44. The van der Waals surface area contributed by atoms with Crippen LogP contribution in [0.3, 0.4) is 0 Å². The molecule has 2 aromatic heterocycles. The molecule has 0 radical (unpaired) electrons. The molecule has 1 aliphatic rings. The topological polar surface area (TPSA) is 105 Å². The van der Waals surface area contributed by atoms with Gasteiger partial charge >= 0.3 is 0 Å². The highest BCUT2D eigenvalue weighted by Crippen LogP contribution is 2.24. The van der Waals surface area contributed by atoms with Crippen LogP contribution in [0.25, 0.3) is 0 Å². The second-order valence-electron chi connectivity index (χ2n) is 8.16. The quantitative estimate of drug-likeness (QED) is 0.433. The molecule has 0 saturated carbocycles. The van der Waals surface area contributed by atoms with Crippen LogP contribution in [0.1, 0.15) is 36.5 Å². The summed E-state index contributed by atoms with van der Waals surface area (Å²) in [6, 6.07) is 9.01. The lowest BCUT2D eigenvalue weighted by Gasteiger charge is -2.32. The number of halogens is 2. The van der Waals surface area contributed by atoms with Crippen LogP contribution < -0.4 is 5.32 Å². The summed E-state index contributed by atoms with van der Waals surface area (Å²) in [5.74, 6) is -0.0701. The summed E-state index contributed by atoms with van der Waals surface area (Å²) in [7, 11) is -3.50. The van der Waals surface area contributed by atoms with Crippen molar-refractivity contribution < 1.29 is 17.7 Å². The smallest absolute Gasteiger partial charge is 0.227 e. The van der Waals surface area contributed by atoms with E-state index in [2.05, 4.69) is 20.4 Å². The molecule has 182 valence electrons. The third-order valence-electron chi connectivity index (χ3n) is 5.54. The number of aromatic nitrogens is 2. The Morgan fingerprint density at radius 1 is 1.21 bits per heavy atom. The van der Waals surface area contributed by atoms with Crippen LogP contribution in [0, 0.1) is 0 Å². The molecule has 1 amide bonds. The summed E-state index contributed by atoms with van der Waals surface area (Å²) < 4.78 is 30.0. The second kappa shape index (κ2) is 11.2. The number of thiophene rings is 1. The maximum Gasteiger partial charge on any atom is 0.227 e. The van der Waals surface area contributed by atoms with E-state index in [9.17, 15) is 13.2 Å². The largest absolute Gasteiger partial charge is 0.353 e. The number of sulfone groups is 1. The van der Waals surface area contributed by atoms with Crippen molar-refractivity contribution in [3.8, 4) is 0 Å². The zero-order valence-electron chi connectivity index (χ0n) is 18.2. The number of rotatable bonds is 9. The maximum absolute atomic E-state index is 12.4. The van der Waals surface area contributed by atoms with E-state index >= 15 is 0 Å². The minimum Gasteiger partial charge on any atom is -0.353 e. The molecule has 34 heavy (non-hydrogen) atoms. The van der Waals surface area contributed by atoms with Gasteiger partial charge in [0.15, 0.2) is 15.7 Å². The normalized spacial score (nSPS) is 15.5. The van der Waals surface area contributed by atoms with E-state index < -0.39 is 9.84 Å². The number of amides is 1. The van der Waals surface area contributed by atoms with Gasteiger partial charge in [0.05, 0.1) is 10.0 Å². The van der Waals surface area contributed by atoms with Crippen molar-refractivity contribution in [1.82, 2.24) is 20.4 Å². The first-order chi connectivity index (χ1) is 16.3. The number of piperidine rings is 1. The number of hydrogen-bond donors (Lipinski definition) is 1. The van der Waals surface area contributed by atoms with Crippen LogP contribution in [-0.4, -0.2) is 48.5 Å². The first-order valence-electron chi connectivity index (χ1n) is 10.8. The van der Waals surface area contributed by atoms with E-state index in [0.29, 0.717) is 10.0 Å². The summed E-state index contributed by atoms with van der Waals surface area (Å²) in [4.78, 5) is 18.8. The number of carbonyl (C=O) groups is 1. The highest BCUT2D eigenvalue weighted by Gasteiger charge is 2.22. The second-order valence-corrected chi connectivity index (χ2v) is 12.1. The molecule has 0 spiro atoms. The van der Waals surface area contributed by atoms with E-state index in [0.717, 1.165) is 49.4 Å². The van der Waals surface area contributed by atoms with E-state index in [1.807, 2.05) is 12.1 Å². The molecule has 1 aliphatic heterocycles. The molecule has 4 rings (SSSR count). The monoisotopic (exact) mass is 542 g/mol. The summed E-state index contributed by atoms with van der Waals surface area (Å²) in [6.07, 6.45) is 2.17. The minimum absolute atomic E-state index is 0.0890. The average Bonchev–Trinajstić information content (AvgIpc) is 3.49. The Balaban J connectivity index is 1.18. The van der Waals surface area contributed by atoms with Gasteiger partial charge in [-0.05, 0) is 42.0 Å². The van der Waals surface area contributed by atoms with Gasteiger partial charge in [0, 0.05) is 38.5 Å². The SMILES string of the molecule is O=C(CCc1nc(CS(=O)(=O)c2cccs2)no1)NC1CCN(Cc2ccc(Cl)c(Cl)c2)CC1. The number of likely N-dealkylation sites (tertiary alicyclic amines) is 1. The Kier molecular flexibility index (Phi) is 8.26. The third kappa shape index (κ3) is 6.79. The van der Waals surface area contributed by atoms with Crippen LogP contribution in [0.2, 0.25) is 10.0 Å². The molecule has 1 saturated heterocycles. The lowest BCUT2D eigenvalue weighted by molar-refractivity contribution is -0.122. The van der Waals surface area contributed by atoms with Gasteiger partial charge in [-0.2, -0.15) is 4.98 Å².